The van der Waals surface area contributed by atoms with Gasteiger partial charge in [0.15, 0.2) is 0 Å². The lowest BCUT2D eigenvalue weighted by Gasteiger charge is -2.61. The van der Waals surface area contributed by atoms with Crippen LogP contribution in [0, 0.1) is 0 Å². The molecule has 0 unspecified atom stereocenters. The molecule has 0 radical (unpaired) electrons. The number of piperazine rings is 1. The van der Waals surface area contributed by atoms with E-state index in [4.69, 9.17) is 4.74 Å². The summed E-state index contributed by atoms with van der Waals surface area (Å²) < 4.78 is 6.12. The van der Waals surface area contributed by atoms with E-state index in [2.05, 4.69) is 68.8 Å². The molecule has 3 nitrogen and oxygen atoms in total. The Labute approximate surface area is 170 Å². The Morgan fingerprint density at radius 2 is 2.07 bits per heavy atom. The molecule has 0 N–H and O–H groups in total. The number of rotatable bonds is 7. The van der Waals surface area contributed by atoms with Crippen LogP contribution in [0.2, 0.25) is 0 Å². The van der Waals surface area contributed by atoms with Crippen molar-refractivity contribution < 1.29 is 4.74 Å². The summed E-state index contributed by atoms with van der Waals surface area (Å²) >= 11 is 0. The zero-order valence-electron chi connectivity index (χ0n) is 17.8. The molecule has 2 aliphatic heterocycles. The third-order valence-electron chi connectivity index (χ3n) is 6.19. The molecule has 0 aromatic carbocycles. The summed E-state index contributed by atoms with van der Waals surface area (Å²) in [7, 11) is 0. The third kappa shape index (κ3) is 3.34. The van der Waals surface area contributed by atoms with Gasteiger partial charge in [-0.1, -0.05) is 45.7 Å². The number of nitrogens with zero attached hydrogens (tertiary/aromatic N) is 2. The Kier molecular flexibility index (Phi) is 5.88. The first kappa shape index (κ1) is 20.5. The fraction of sp³-hybridized carbons (Fsp3) is 0.480. The van der Waals surface area contributed by atoms with Crippen LogP contribution in [0.3, 0.4) is 0 Å². The van der Waals surface area contributed by atoms with Gasteiger partial charge < -0.3 is 14.5 Å². The molecule has 1 saturated heterocycles. The molecule has 1 saturated carbocycles. The molecule has 28 heavy (non-hydrogen) atoms. The minimum absolute atomic E-state index is 0.0207. The van der Waals surface area contributed by atoms with Gasteiger partial charge in [-0.3, -0.25) is 0 Å². The van der Waals surface area contributed by atoms with Crippen molar-refractivity contribution in [1.29, 1.82) is 0 Å². The topological polar surface area (TPSA) is 15.7 Å². The van der Waals surface area contributed by atoms with Gasteiger partial charge in [0.05, 0.1) is 23.0 Å². The summed E-state index contributed by atoms with van der Waals surface area (Å²) in [6.45, 7) is 25.1. The van der Waals surface area contributed by atoms with E-state index >= 15 is 0 Å². The third-order valence-corrected chi connectivity index (χ3v) is 6.19. The van der Waals surface area contributed by atoms with E-state index in [0.29, 0.717) is 12.1 Å². The lowest BCUT2D eigenvalue weighted by atomic mass is 9.69. The van der Waals surface area contributed by atoms with Crippen molar-refractivity contribution in [3.05, 3.63) is 78.5 Å². The van der Waals surface area contributed by atoms with Crippen LogP contribution in [0.25, 0.3) is 0 Å². The van der Waals surface area contributed by atoms with Crippen molar-refractivity contribution >= 4 is 0 Å². The molecule has 0 aromatic rings. The number of ether oxygens (including phenoxy) is 1. The number of fused-ring (bicyclic) bond motifs is 2. The lowest BCUT2D eigenvalue weighted by Crippen LogP contribution is -2.67. The van der Waals surface area contributed by atoms with E-state index in [-0.39, 0.29) is 5.54 Å². The molecule has 0 aromatic heterocycles. The minimum atomic E-state index is 0.0207. The molecule has 1 spiro atoms. The molecule has 150 valence electrons. The van der Waals surface area contributed by atoms with Crippen LogP contribution >= 0.6 is 0 Å². The second-order valence-electron chi connectivity index (χ2n) is 8.40. The van der Waals surface area contributed by atoms with Crippen LogP contribution < -0.4 is 0 Å². The Bertz CT molecular complexity index is 785. The zero-order chi connectivity index (χ0) is 20.5. The molecule has 3 aliphatic rings. The van der Waals surface area contributed by atoms with Gasteiger partial charge in [-0.25, -0.2) is 0 Å². The number of allylic oxidation sites excluding steroid dienone is 5. The van der Waals surface area contributed by atoms with Gasteiger partial charge in [0.1, 0.15) is 0 Å². The van der Waals surface area contributed by atoms with E-state index in [0.717, 1.165) is 60.5 Å². The molecule has 0 amide bonds. The molecule has 2 fully saturated rings. The Morgan fingerprint density at radius 3 is 2.64 bits per heavy atom. The van der Waals surface area contributed by atoms with Gasteiger partial charge >= 0.3 is 0 Å². The number of hydrogen-bond donors (Lipinski definition) is 0. The van der Waals surface area contributed by atoms with Gasteiger partial charge in [0.2, 0.25) is 0 Å². The van der Waals surface area contributed by atoms with Crippen molar-refractivity contribution in [2.45, 2.75) is 64.1 Å². The monoisotopic (exact) mass is 378 g/mol. The quantitative estimate of drug-likeness (QED) is 0.431. The normalized spacial score (nSPS) is 26.9. The van der Waals surface area contributed by atoms with E-state index in [1.165, 1.54) is 6.42 Å². The van der Waals surface area contributed by atoms with E-state index in [1.54, 1.807) is 0 Å². The molecular formula is C25H34N2O. The summed E-state index contributed by atoms with van der Waals surface area (Å²) in [6, 6.07) is 0.386. The first-order valence-electron chi connectivity index (χ1n) is 10.4. The summed E-state index contributed by atoms with van der Waals surface area (Å²) in [6.07, 6.45) is 10.7. The molecule has 3 heteroatoms. The summed E-state index contributed by atoms with van der Waals surface area (Å²) in [5.41, 5.74) is 8.15. The average Bonchev–Trinajstić information content (AvgIpc) is 2.63. The fourth-order valence-electron chi connectivity index (χ4n) is 4.58. The molecule has 3 rings (SSSR count). The second-order valence-corrected chi connectivity index (χ2v) is 8.40. The predicted octanol–water partition coefficient (Wildman–Crippen LogP) is 5.48. The Balaban J connectivity index is 2.00. The highest BCUT2D eigenvalue weighted by molar-refractivity contribution is 5.62. The second kappa shape index (κ2) is 8.03. The molecule has 0 atom stereocenters. The molecule has 1 aliphatic carbocycles. The van der Waals surface area contributed by atoms with Crippen molar-refractivity contribution in [1.82, 2.24) is 9.80 Å². The largest absolute Gasteiger partial charge is 0.378 e. The van der Waals surface area contributed by atoms with E-state index in [1.807, 2.05) is 12.2 Å². The molecular weight excluding hydrogens is 344 g/mol. The summed E-state index contributed by atoms with van der Waals surface area (Å²) in [4.78, 5) is 4.84. The van der Waals surface area contributed by atoms with Crippen molar-refractivity contribution in [3.63, 3.8) is 0 Å². The fourth-order valence-corrected chi connectivity index (χ4v) is 4.58. The van der Waals surface area contributed by atoms with Gasteiger partial charge in [-0.15, -0.1) is 5.73 Å². The van der Waals surface area contributed by atoms with Crippen molar-refractivity contribution in [2.75, 3.05) is 13.2 Å². The minimum Gasteiger partial charge on any atom is -0.378 e. The maximum Gasteiger partial charge on any atom is 0.0723 e. The van der Waals surface area contributed by atoms with Crippen molar-refractivity contribution in [2.24, 2.45) is 0 Å². The van der Waals surface area contributed by atoms with Crippen LogP contribution in [0.1, 0.15) is 46.5 Å². The van der Waals surface area contributed by atoms with E-state index < -0.39 is 0 Å². The van der Waals surface area contributed by atoms with Crippen LogP contribution in [0.5, 0.6) is 0 Å². The molecule has 2 heterocycles. The van der Waals surface area contributed by atoms with Gasteiger partial charge in [-0.05, 0) is 44.8 Å². The Morgan fingerprint density at radius 1 is 1.36 bits per heavy atom. The van der Waals surface area contributed by atoms with Crippen LogP contribution in [0.4, 0.5) is 0 Å². The smallest absolute Gasteiger partial charge is 0.0723 e. The maximum atomic E-state index is 6.12. The van der Waals surface area contributed by atoms with Crippen LogP contribution in [-0.2, 0) is 4.74 Å². The maximum absolute atomic E-state index is 6.12. The number of hydrogen-bond acceptors (Lipinski definition) is 3. The van der Waals surface area contributed by atoms with Crippen molar-refractivity contribution in [3.8, 4) is 0 Å². The first-order chi connectivity index (χ1) is 13.4. The summed E-state index contributed by atoms with van der Waals surface area (Å²) in [5, 5.41) is 0. The van der Waals surface area contributed by atoms with Gasteiger partial charge in [0.25, 0.3) is 0 Å². The molecule has 0 bridgehead atoms. The number of unbranched alkanes of at least 4 members (excludes halogenated alkanes) is 1. The lowest BCUT2D eigenvalue weighted by molar-refractivity contribution is -0.105. The van der Waals surface area contributed by atoms with Crippen LogP contribution in [-0.4, -0.2) is 40.6 Å². The average molecular weight is 379 g/mol. The van der Waals surface area contributed by atoms with E-state index in [9.17, 15) is 0 Å². The highest BCUT2D eigenvalue weighted by Crippen LogP contribution is 2.51. The highest BCUT2D eigenvalue weighted by Gasteiger charge is 2.55. The first-order valence-corrected chi connectivity index (χ1v) is 10.4. The highest BCUT2D eigenvalue weighted by atomic mass is 16.5. The van der Waals surface area contributed by atoms with Crippen LogP contribution in [0.15, 0.2) is 78.5 Å². The van der Waals surface area contributed by atoms with Gasteiger partial charge in [0, 0.05) is 36.5 Å². The van der Waals surface area contributed by atoms with Gasteiger partial charge in [-0.2, -0.15) is 0 Å². The SMILES string of the molecule is C=C=CC1=CN2C(=C(C=C)C1=C)C(=C)N(C(C)C)CC21CC(OCCCC)C1. The summed E-state index contributed by atoms with van der Waals surface area (Å²) in [5.74, 6) is 0. The zero-order valence-corrected chi connectivity index (χ0v) is 17.8. The standard InChI is InChI=1S/C25H34N2O/c1-8-11-13-28-22-14-25(15-22)17-26(18(4)5)20(7)24-23(10-3)19(6)21(12-9-2)16-27(24)25/h10,12,16,18,22H,2-3,6-8,11,13-15,17H2,1,4-5H3. The predicted molar refractivity (Wildman–Crippen MR) is 118 cm³/mol. The Hall–Kier alpha value is -2.22.